The van der Waals surface area contributed by atoms with Crippen molar-refractivity contribution in [1.29, 1.82) is 10.8 Å². The van der Waals surface area contributed by atoms with E-state index in [0.29, 0.717) is 0 Å². The van der Waals surface area contributed by atoms with Gasteiger partial charge >= 0.3 is 0 Å². The summed E-state index contributed by atoms with van der Waals surface area (Å²) >= 11 is 1.50. The molecule has 0 saturated carbocycles. The molecule has 2 aromatic carbocycles. The number of ether oxygens (including phenoxy) is 1. The molecule has 0 atom stereocenters. The minimum atomic E-state index is -0.511. The van der Waals surface area contributed by atoms with E-state index in [9.17, 15) is 0 Å². The van der Waals surface area contributed by atoms with Gasteiger partial charge in [0.05, 0.1) is 16.6 Å². The Morgan fingerprint density at radius 1 is 1.04 bits per heavy atom. The van der Waals surface area contributed by atoms with Crippen molar-refractivity contribution in [2.24, 2.45) is 0 Å². The SMILES string of the molecule is N=C(CO)OC(=N)Cc1nc2ccc(-c3ccccc3)cc2s1. The lowest BCUT2D eigenvalue weighted by Crippen LogP contribution is -2.15. The van der Waals surface area contributed by atoms with Crippen LogP contribution in [0, 0.1) is 10.8 Å². The van der Waals surface area contributed by atoms with Crippen molar-refractivity contribution in [3.63, 3.8) is 0 Å². The molecule has 1 aromatic heterocycles. The maximum absolute atomic E-state index is 8.74. The van der Waals surface area contributed by atoms with Crippen molar-refractivity contribution < 1.29 is 9.84 Å². The molecule has 3 N–H and O–H groups in total. The molecule has 0 spiro atoms. The summed E-state index contributed by atoms with van der Waals surface area (Å²) in [5, 5.41) is 24.4. The molecule has 0 amide bonds. The molecule has 3 rings (SSSR count). The number of thiazole rings is 1. The van der Waals surface area contributed by atoms with E-state index in [4.69, 9.17) is 20.7 Å². The molecule has 0 aliphatic rings. The second-order valence-electron chi connectivity index (χ2n) is 4.94. The van der Waals surface area contributed by atoms with Crippen molar-refractivity contribution in [2.75, 3.05) is 6.61 Å². The van der Waals surface area contributed by atoms with Gasteiger partial charge in [-0.1, -0.05) is 36.4 Å². The van der Waals surface area contributed by atoms with Gasteiger partial charge in [0, 0.05) is 0 Å². The van der Waals surface area contributed by atoms with Gasteiger partial charge in [-0.15, -0.1) is 11.3 Å². The highest BCUT2D eigenvalue weighted by Crippen LogP contribution is 2.28. The van der Waals surface area contributed by atoms with Crippen LogP contribution in [0.3, 0.4) is 0 Å². The summed E-state index contributed by atoms with van der Waals surface area (Å²) in [5.74, 6) is -0.422. The van der Waals surface area contributed by atoms with Gasteiger partial charge in [-0.05, 0) is 23.3 Å². The predicted molar refractivity (Wildman–Crippen MR) is 92.4 cm³/mol. The second-order valence-corrected chi connectivity index (χ2v) is 6.05. The zero-order valence-electron chi connectivity index (χ0n) is 12.2. The normalized spacial score (nSPS) is 10.7. The van der Waals surface area contributed by atoms with E-state index >= 15 is 0 Å². The summed E-state index contributed by atoms with van der Waals surface area (Å²) in [6.45, 7) is -0.511. The van der Waals surface area contributed by atoms with E-state index in [1.54, 1.807) is 0 Å². The Balaban J connectivity index is 1.82. The van der Waals surface area contributed by atoms with Crippen LogP contribution < -0.4 is 0 Å². The number of aromatic nitrogens is 1. The van der Waals surface area contributed by atoms with Gasteiger partial charge in [0.25, 0.3) is 0 Å². The van der Waals surface area contributed by atoms with Gasteiger partial charge in [-0.2, -0.15) is 0 Å². The maximum atomic E-state index is 8.74. The Morgan fingerprint density at radius 3 is 2.57 bits per heavy atom. The van der Waals surface area contributed by atoms with Gasteiger partial charge in [0.1, 0.15) is 11.6 Å². The zero-order chi connectivity index (χ0) is 16.2. The van der Waals surface area contributed by atoms with Crippen LogP contribution in [0.25, 0.3) is 21.3 Å². The smallest absolute Gasteiger partial charge is 0.214 e. The van der Waals surface area contributed by atoms with E-state index in [2.05, 4.69) is 23.2 Å². The molecule has 0 saturated heterocycles. The lowest BCUT2D eigenvalue weighted by molar-refractivity contribution is 0.324. The fourth-order valence-corrected chi connectivity index (χ4v) is 3.22. The van der Waals surface area contributed by atoms with Crippen LogP contribution >= 0.6 is 11.3 Å². The largest absolute Gasteiger partial charge is 0.427 e. The minimum absolute atomic E-state index is 0.0913. The van der Waals surface area contributed by atoms with Gasteiger partial charge in [-0.3, -0.25) is 10.8 Å². The van der Waals surface area contributed by atoms with E-state index in [1.165, 1.54) is 11.3 Å². The van der Waals surface area contributed by atoms with Crippen molar-refractivity contribution in [3.05, 3.63) is 53.5 Å². The highest BCUT2D eigenvalue weighted by atomic mass is 32.1. The van der Waals surface area contributed by atoms with Crippen LogP contribution in [0.5, 0.6) is 0 Å². The standard InChI is InChI=1S/C17H15N3O2S/c18-15(22-16(19)10-21)9-17-20-13-7-6-12(8-14(13)23-17)11-4-2-1-3-5-11/h1-8,18-19,21H,9-10H2. The van der Waals surface area contributed by atoms with Crippen LogP contribution in [0.4, 0.5) is 0 Å². The third-order valence-corrected chi connectivity index (χ3v) is 4.26. The van der Waals surface area contributed by atoms with E-state index in [0.717, 1.165) is 26.4 Å². The van der Waals surface area contributed by atoms with Gasteiger partial charge in [-0.25, -0.2) is 4.98 Å². The average molecular weight is 325 g/mol. The topological polar surface area (TPSA) is 90.0 Å². The van der Waals surface area contributed by atoms with E-state index in [1.807, 2.05) is 30.3 Å². The third kappa shape index (κ3) is 3.61. The number of fused-ring (bicyclic) bond motifs is 1. The van der Waals surface area contributed by atoms with Crippen LogP contribution in [-0.4, -0.2) is 28.5 Å². The molecule has 23 heavy (non-hydrogen) atoms. The Bertz CT molecular complexity index is 859. The van der Waals surface area contributed by atoms with Crippen LogP contribution in [0.1, 0.15) is 5.01 Å². The molecule has 0 aliphatic carbocycles. The molecule has 1 heterocycles. The Labute approximate surface area is 137 Å². The third-order valence-electron chi connectivity index (χ3n) is 3.24. The number of nitrogens with one attached hydrogen (secondary N) is 2. The molecule has 0 fully saturated rings. The molecule has 116 valence electrons. The van der Waals surface area contributed by atoms with Gasteiger partial charge < -0.3 is 9.84 Å². The Morgan fingerprint density at radius 2 is 1.83 bits per heavy atom. The molecule has 0 bridgehead atoms. The minimum Gasteiger partial charge on any atom is -0.427 e. The lowest BCUT2D eigenvalue weighted by atomic mass is 10.1. The van der Waals surface area contributed by atoms with Gasteiger partial charge in [0.2, 0.25) is 5.90 Å². The molecule has 5 nitrogen and oxygen atoms in total. The van der Waals surface area contributed by atoms with Crippen LogP contribution in [-0.2, 0) is 11.2 Å². The van der Waals surface area contributed by atoms with Crippen molar-refractivity contribution in [1.82, 2.24) is 4.98 Å². The van der Waals surface area contributed by atoms with Gasteiger partial charge in [0.15, 0.2) is 5.90 Å². The summed E-state index contributed by atoms with van der Waals surface area (Å²) in [6.07, 6.45) is 0.211. The molecule has 0 unspecified atom stereocenters. The first kappa shape index (κ1) is 15.3. The quantitative estimate of drug-likeness (QED) is 0.507. The fourth-order valence-electron chi connectivity index (χ4n) is 2.21. The highest BCUT2D eigenvalue weighted by Gasteiger charge is 2.10. The summed E-state index contributed by atoms with van der Waals surface area (Å²) in [7, 11) is 0. The number of hydrogen-bond acceptors (Lipinski definition) is 6. The number of aliphatic hydroxyl groups is 1. The average Bonchev–Trinajstić information content (AvgIpc) is 2.96. The molecule has 0 aliphatic heterocycles. The number of aliphatic hydroxyl groups excluding tert-OH is 1. The monoisotopic (exact) mass is 325 g/mol. The highest BCUT2D eigenvalue weighted by molar-refractivity contribution is 7.18. The second kappa shape index (κ2) is 6.68. The first-order valence-corrected chi connectivity index (χ1v) is 7.86. The molecular formula is C17H15N3O2S. The van der Waals surface area contributed by atoms with Crippen molar-refractivity contribution >= 4 is 33.3 Å². The van der Waals surface area contributed by atoms with Crippen LogP contribution in [0.2, 0.25) is 0 Å². The molecule has 0 radical (unpaired) electrons. The first-order valence-electron chi connectivity index (χ1n) is 7.04. The van der Waals surface area contributed by atoms with Crippen molar-refractivity contribution in [2.45, 2.75) is 6.42 Å². The maximum Gasteiger partial charge on any atom is 0.214 e. The Kier molecular flexibility index (Phi) is 4.45. The fraction of sp³-hybridized carbons (Fsp3) is 0.118. The number of benzene rings is 2. The Hall–Kier alpha value is -2.57. The first-order chi connectivity index (χ1) is 11.2. The molecule has 3 aromatic rings. The number of hydrogen-bond donors (Lipinski definition) is 3. The summed E-state index contributed by atoms with van der Waals surface area (Å²) < 4.78 is 5.92. The van der Waals surface area contributed by atoms with E-state index in [-0.39, 0.29) is 18.2 Å². The lowest BCUT2D eigenvalue weighted by Gasteiger charge is -2.03. The summed E-state index contributed by atoms with van der Waals surface area (Å²) in [4.78, 5) is 4.49. The van der Waals surface area contributed by atoms with E-state index < -0.39 is 6.61 Å². The zero-order valence-corrected chi connectivity index (χ0v) is 13.1. The predicted octanol–water partition coefficient (Wildman–Crippen LogP) is 3.47. The van der Waals surface area contributed by atoms with Crippen molar-refractivity contribution in [3.8, 4) is 11.1 Å². The number of nitrogens with zero attached hydrogens (tertiary/aromatic N) is 1. The molecular weight excluding hydrogens is 310 g/mol. The van der Waals surface area contributed by atoms with Crippen LogP contribution in [0.15, 0.2) is 48.5 Å². The number of rotatable bonds is 4. The summed E-state index contributed by atoms with van der Waals surface area (Å²) in [5.41, 5.74) is 3.16. The summed E-state index contributed by atoms with van der Waals surface area (Å²) in [6, 6.07) is 16.2. The molecule has 6 heteroatoms.